The van der Waals surface area contributed by atoms with Gasteiger partial charge in [-0.1, -0.05) is 12.1 Å². The molecular weight excluding hydrogens is 241 g/mol. The lowest BCUT2D eigenvalue weighted by Gasteiger charge is -2.07. The third-order valence-electron chi connectivity index (χ3n) is 2.42. The van der Waals surface area contributed by atoms with Gasteiger partial charge in [-0.25, -0.2) is 13.8 Å². The molecule has 0 aliphatic heterocycles. The number of pyridine rings is 1. The van der Waals surface area contributed by atoms with Crippen LogP contribution in [-0.2, 0) is 6.42 Å². The van der Waals surface area contributed by atoms with Gasteiger partial charge in [0.2, 0.25) is 5.95 Å². The van der Waals surface area contributed by atoms with Crippen LogP contribution in [0.2, 0.25) is 0 Å². The predicted molar refractivity (Wildman–Crippen MR) is 58.9 cm³/mol. The van der Waals surface area contributed by atoms with Crippen LogP contribution in [0.5, 0.6) is 0 Å². The Morgan fingerprint density at radius 2 is 1.89 bits per heavy atom. The maximum Gasteiger partial charge on any atom is 0.213 e. The first-order chi connectivity index (χ1) is 8.63. The highest BCUT2D eigenvalue weighted by atomic mass is 19.2. The van der Waals surface area contributed by atoms with E-state index in [9.17, 15) is 13.2 Å². The Balaban J connectivity index is 2.66. The summed E-state index contributed by atoms with van der Waals surface area (Å²) in [6.07, 6.45) is -0.0570. The normalized spacial score (nSPS) is 10.1. The fourth-order valence-corrected chi connectivity index (χ4v) is 1.61. The summed E-state index contributed by atoms with van der Waals surface area (Å²) in [5, 5.41) is 8.64. The molecule has 1 heterocycles. The predicted octanol–water partition coefficient (Wildman–Crippen LogP) is 3.23. The van der Waals surface area contributed by atoms with Crippen LogP contribution in [0.3, 0.4) is 0 Å². The maximum absolute atomic E-state index is 13.6. The molecule has 1 aromatic heterocycles. The molecule has 0 saturated carbocycles. The van der Waals surface area contributed by atoms with Gasteiger partial charge in [-0.2, -0.15) is 9.65 Å². The topological polar surface area (TPSA) is 36.7 Å². The number of hydrogen-bond acceptors (Lipinski definition) is 2. The van der Waals surface area contributed by atoms with Gasteiger partial charge in [0.1, 0.15) is 0 Å². The zero-order chi connectivity index (χ0) is 13.1. The molecule has 2 rings (SSSR count). The van der Waals surface area contributed by atoms with Crippen molar-refractivity contribution < 1.29 is 13.2 Å². The van der Waals surface area contributed by atoms with E-state index in [-0.39, 0.29) is 17.7 Å². The fraction of sp³-hybridized carbons (Fsp3) is 0.0769. The molecule has 0 atom stereocenters. The lowest BCUT2D eigenvalue weighted by Crippen LogP contribution is -1.98. The van der Waals surface area contributed by atoms with Gasteiger partial charge in [-0.05, 0) is 23.8 Å². The van der Waals surface area contributed by atoms with E-state index in [4.69, 9.17) is 5.26 Å². The number of aromatic nitrogens is 1. The van der Waals surface area contributed by atoms with Crippen molar-refractivity contribution in [1.29, 1.82) is 5.26 Å². The second-order valence-corrected chi connectivity index (χ2v) is 3.58. The molecule has 0 amide bonds. The van der Waals surface area contributed by atoms with Crippen LogP contribution in [0.15, 0.2) is 30.3 Å². The van der Waals surface area contributed by atoms with Gasteiger partial charge in [0.05, 0.1) is 18.2 Å². The minimum atomic E-state index is -1.10. The number of hydrogen-bond donors (Lipinski definition) is 0. The zero-order valence-electron chi connectivity index (χ0n) is 9.12. The van der Waals surface area contributed by atoms with Gasteiger partial charge in [-0.15, -0.1) is 0 Å². The molecule has 5 heteroatoms. The molecule has 90 valence electrons. The first-order valence-corrected chi connectivity index (χ1v) is 5.10. The second-order valence-electron chi connectivity index (χ2n) is 3.58. The molecule has 0 bridgehead atoms. The van der Waals surface area contributed by atoms with Crippen LogP contribution in [0.25, 0.3) is 11.3 Å². The van der Waals surface area contributed by atoms with E-state index in [0.29, 0.717) is 5.56 Å². The Labute approximate surface area is 101 Å². The number of nitriles is 1. The van der Waals surface area contributed by atoms with E-state index in [1.807, 2.05) is 6.07 Å². The van der Waals surface area contributed by atoms with Crippen molar-refractivity contribution in [3.8, 4) is 17.3 Å². The van der Waals surface area contributed by atoms with Crippen LogP contribution >= 0.6 is 0 Å². The van der Waals surface area contributed by atoms with Crippen molar-refractivity contribution in [2.45, 2.75) is 6.42 Å². The first-order valence-electron chi connectivity index (χ1n) is 5.10. The van der Waals surface area contributed by atoms with Crippen LogP contribution < -0.4 is 0 Å². The number of rotatable bonds is 2. The SMILES string of the molecule is N#CCc1ccc(F)nc1-c1cccc(F)c1F. The summed E-state index contributed by atoms with van der Waals surface area (Å²) in [6, 6.07) is 7.84. The van der Waals surface area contributed by atoms with Gasteiger partial charge < -0.3 is 0 Å². The molecule has 1 aromatic carbocycles. The zero-order valence-corrected chi connectivity index (χ0v) is 9.12. The second kappa shape index (κ2) is 4.88. The number of nitrogens with zero attached hydrogens (tertiary/aromatic N) is 2. The summed E-state index contributed by atoms with van der Waals surface area (Å²) < 4.78 is 39.8. The van der Waals surface area contributed by atoms with Crippen molar-refractivity contribution in [3.63, 3.8) is 0 Å². The van der Waals surface area contributed by atoms with Crippen molar-refractivity contribution in [3.05, 3.63) is 53.5 Å². The Kier molecular flexibility index (Phi) is 3.28. The van der Waals surface area contributed by atoms with E-state index in [2.05, 4.69) is 4.98 Å². The first kappa shape index (κ1) is 12.1. The summed E-state index contributed by atoms with van der Waals surface area (Å²) in [6.45, 7) is 0. The third-order valence-corrected chi connectivity index (χ3v) is 2.42. The molecule has 0 radical (unpaired) electrons. The van der Waals surface area contributed by atoms with Crippen LogP contribution in [-0.4, -0.2) is 4.98 Å². The average molecular weight is 248 g/mol. The lowest BCUT2D eigenvalue weighted by atomic mass is 10.0. The molecule has 0 aliphatic carbocycles. The van der Waals surface area contributed by atoms with Crippen molar-refractivity contribution in [2.24, 2.45) is 0 Å². The van der Waals surface area contributed by atoms with Crippen LogP contribution in [0.4, 0.5) is 13.2 Å². The molecule has 2 aromatic rings. The molecule has 0 fully saturated rings. The maximum atomic E-state index is 13.6. The quantitative estimate of drug-likeness (QED) is 0.765. The van der Waals surface area contributed by atoms with E-state index in [0.717, 1.165) is 12.1 Å². The Morgan fingerprint density at radius 1 is 1.11 bits per heavy atom. The van der Waals surface area contributed by atoms with Crippen molar-refractivity contribution in [2.75, 3.05) is 0 Å². The number of halogens is 3. The largest absolute Gasteiger partial charge is 0.219 e. The Morgan fingerprint density at radius 3 is 2.61 bits per heavy atom. The fourth-order valence-electron chi connectivity index (χ4n) is 1.61. The standard InChI is InChI=1S/C13H7F3N2/c14-10-3-1-2-9(12(10)16)13-8(6-7-17)4-5-11(15)18-13/h1-5H,6H2. The summed E-state index contributed by atoms with van der Waals surface area (Å²) in [4.78, 5) is 3.54. The van der Waals surface area contributed by atoms with Gasteiger partial charge in [0.25, 0.3) is 0 Å². The van der Waals surface area contributed by atoms with Crippen molar-refractivity contribution >= 4 is 0 Å². The molecule has 0 saturated heterocycles. The summed E-state index contributed by atoms with van der Waals surface area (Å²) in [7, 11) is 0. The molecule has 18 heavy (non-hydrogen) atoms. The average Bonchev–Trinajstić information content (AvgIpc) is 2.35. The summed E-state index contributed by atoms with van der Waals surface area (Å²) in [5.41, 5.74) is 0.150. The Bertz CT molecular complexity index is 633. The molecule has 0 unspecified atom stereocenters. The minimum absolute atomic E-state index is 0.0476. The Hall–Kier alpha value is -2.35. The molecule has 0 N–H and O–H groups in total. The molecule has 2 nitrogen and oxygen atoms in total. The monoisotopic (exact) mass is 248 g/mol. The van der Waals surface area contributed by atoms with E-state index in [1.54, 1.807) is 0 Å². The highest BCUT2D eigenvalue weighted by Gasteiger charge is 2.15. The van der Waals surface area contributed by atoms with E-state index < -0.39 is 17.6 Å². The molecule has 0 aliphatic rings. The van der Waals surface area contributed by atoms with Crippen molar-refractivity contribution in [1.82, 2.24) is 4.98 Å². The lowest BCUT2D eigenvalue weighted by molar-refractivity contribution is 0.510. The minimum Gasteiger partial charge on any atom is -0.219 e. The van der Waals surface area contributed by atoms with Gasteiger partial charge >= 0.3 is 0 Å². The smallest absolute Gasteiger partial charge is 0.213 e. The highest BCUT2D eigenvalue weighted by Crippen LogP contribution is 2.26. The molecular formula is C13H7F3N2. The highest BCUT2D eigenvalue weighted by molar-refractivity contribution is 5.64. The summed E-state index contributed by atoms with van der Waals surface area (Å²) in [5.74, 6) is -2.95. The van der Waals surface area contributed by atoms with E-state index >= 15 is 0 Å². The van der Waals surface area contributed by atoms with Crippen LogP contribution in [0, 0.1) is 28.9 Å². The third kappa shape index (κ3) is 2.18. The van der Waals surface area contributed by atoms with Gasteiger partial charge in [-0.3, -0.25) is 0 Å². The summed E-state index contributed by atoms with van der Waals surface area (Å²) >= 11 is 0. The van der Waals surface area contributed by atoms with E-state index in [1.165, 1.54) is 18.2 Å². The van der Waals surface area contributed by atoms with Gasteiger partial charge in [0, 0.05) is 5.56 Å². The number of benzene rings is 1. The molecule has 0 spiro atoms. The van der Waals surface area contributed by atoms with Gasteiger partial charge in [0.15, 0.2) is 11.6 Å². The van der Waals surface area contributed by atoms with Crippen LogP contribution in [0.1, 0.15) is 5.56 Å².